The molecule has 0 bridgehead atoms. The Hall–Kier alpha value is -1.07. The zero-order valence-electron chi connectivity index (χ0n) is 12.5. The molecule has 5 heteroatoms. The molecule has 0 amide bonds. The second kappa shape index (κ2) is 6.14. The van der Waals surface area contributed by atoms with Crippen LogP contribution in [0.25, 0.3) is 0 Å². The standard InChI is InChI=1S/C15H22N2O2S/c1-11-7-13(8-17-20(18)15(2,3)4)16-9-14(11)19-10-12-5-6-12/h7-9,12H,5-6,10H2,1-4H3/b17-8+/t20-/m1/s1. The fraction of sp³-hybridized carbons (Fsp3) is 0.600. The van der Waals surface area contributed by atoms with Crippen molar-refractivity contribution in [3.8, 4) is 5.75 Å². The Balaban J connectivity index is 1.98. The highest BCUT2D eigenvalue weighted by molar-refractivity contribution is 7.91. The fourth-order valence-electron chi connectivity index (χ4n) is 1.54. The van der Waals surface area contributed by atoms with Crippen LogP contribution in [0.5, 0.6) is 5.75 Å². The van der Waals surface area contributed by atoms with E-state index in [9.17, 15) is 4.55 Å². The monoisotopic (exact) mass is 294 g/mol. The van der Waals surface area contributed by atoms with Crippen molar-refractivity contribution >= 4 is 17.6 Å². The van der Waals surface area contributed by atoms with E-state index in [0.717, 1.165) is 23.8 Å². The zero-order chi connectivity index (χ0) is 14.8. The highest BCUT2D eigenvalue weighted by Gasteiger charge is 2.26. The molecule has 2 rings (SSSR count). The number of ether oxygens (including phenoxy) is 1. The van der Waals surface area contributed by atoms with E-state index in [0.29, 0.717) is 5.69 Å². The first-order valence-corrected chi connectivity index (χ1v) is 8.02. The second-order valence-electron chi connectivity index (χ2n) is 6.23. The van der Waals surface area contributed by atoms with Gasteiger partial charge in [-0.1, -0.05) is 4.40 Å². The summed E-state index contributed by atoms with van der Waals surface area (Å²) in [5, 5.41) is 0. The number of rotatable bonds is 5. The second-order valence-corrected chi connectivity index (χ2v) is 8.16. The summed E-state index contributed by atoms with van der Waals surface area (Å²) in [6, 6.07) is 1.91. The van der Waals surface area contributed by atoms with Gasteiger partial charge in [0.25, 0.3) is 0 Å². The first kappa shape index (κ1) is 15.3. The Labute approximate surface area is 124 Å². The molecule has 1 aliphatic rings. The summed E-state index contributed by atoms with van der Waals surface area (Å²) >= 11 is -1.25. The minimum absolute atomic E-state index is 0.348. The first-order valence-electron chi connectivity index (χ1n) is 6.92. The largest absolute Gasteiger partial charge is 0.591 e. The van der Waals surface area contributed by atoms with E-state index in [1.807, 2.05) is 33.8 Å². The summed E-state index contributed by atoms with van der Waals surface area (Å²) in [5.41, 5.74) is 1.74. The molecule has 1 aliphatic carbocycles. The van der Waals surface area contributed by atoms with Crippen LogP contribution in [0.4, 0.5) is 0 Å². The van der Waals surface area contributed by atoms with E-state index in [2.05, 4.69) is 9.38 Å². The van der Waals surface area contributed by atoms with Crippen molar-refractivity contribution in [3.05, 3.63) is 23.5 Å². The lowest BCUT2D eigenvalue weighted by molar-refractivity contribution is 0.296. The predicted molar refractivity (Wildman–Crippen MR) is 82.7 cm³/mol. The maximum atomic E-state index is 11.8. The lowest BCUT2D eigenvalue weighted by Gasteiger charge is -2.17. The van der Waals surface area contributed by atoms with Crippen molar-refractivity contribution in [2.75, 3.05) is 6.61 Å². The summed E-state index contributed by atoms with van der Waals surface area (Å²) in [7, 11) is 0. The average molecular weight is 294 g/mol. The van der Waals surface area contributed by atoms with Crippen molar-refractivity contribution in [3.63, 3.8) is 0 Å². The minimum Gasteiger partial charge on any atom is -0.591 e. The summed E-state index contributed by atoms with van der Waals surface area (Å²) < 4.78 is 21.3. The van der Waals surface area contributed by atoms with Crippen molar-refractivity contribution in [1.82, 2.24) is 4.98 Å². The van der Waals surface area contributed by atoms with E-state index >= 15 is 0 Å². The van der Waals surface area contributed by atoms with Crippen LogP contribution in [-0.2, 0) is 11.4 Å². The molecule has 0 spiro atoms. The number of pyridine rings is 1. The van der Waals surface area contributed by atoms with Gasteiger partial charge in [-0.05, 0) is 58.1 Å². The van der Waals surface area contributed by atoms with Crippen LogP contribution in [0.2, 0.25) is 0 Å². The molecular formula is C15H22N2O2S. The van der Waals surface area contributed by atoms with Gasteiger partial charge in [-0.15, -0.1) is 0 Å². The molecule has 0 aromatic carbocycles. The van der Waals surface area contributed by atoms with Gasteiger partial charge in [-0.2, -0.15) is 0 Å². The first-order chi connectivity index (χ1) is 9.36. The van der Waals surface area contributed by atoms with Crippen molar-refractivity contribution < 1.29 is 9.29 Å². The molecule has 1 aromatic heterocycles. The van der Waals surface area contributed by atoms with Gasteiger partial charge >= 0.3 is 0 Å². The summed E-state index contributed by atoms with van der Waals surface area (Å²) in [5.74, 6) is 1.55. The molecule has 1 saturated carbocycles. The highest BCUT2D eigenvalue weighted by Crippen LogP contribution is 2.30. The van der Waals surface area contributed by atoms with Crippen LogP contribution < -0.4 is 4.74 Å². The van der Waals surface area contributed by atoms with Gasteiger partial charge < -0.3 is 9.29 Å². The van der Waals surface area contributed by atoms with E-state index in [1.165, 1.54) is 12.8 Å². The van der Waals surface area contributed by atoms with Crippen LogP contribution in [0.1, 0.15) is 44.9 Å². The smallest absolute Gasteiger partial charge is 0.144 e. The SMILES string of the molecule is Cc1cc(/C=N/[S@+]([O-])C(C)(C)C)ncc1OCC1CC1. The lowest BCUT2D eigenvalue weighted by atomic mass is 10.2. The molecule has 0 aliphatic heterocycles. The third-order valence-corrected chi connectivity index (χ3v) is 4.40. The van der Waals surface area contributed by atoms with Gasteiger partial charge in [-0.3, -0.25) is 4.98 Å². The Morgan fingerprint density at radius 2 is 2.20 bits per heavy atom. The summed E-state index contributed by atoms with van der Waals surface area (Å²) in [6.07, 6.45) is 5.84. The minimum atomic E-state index is -1.25. The van der Waals surface area contributed by atoms with Crippen molar-refractivity contribution in [2.24, 2.45) is 10.3 Å². The molecule has 1 heterocycles. The van der Waals surface area contributed by atoms with Crippen LogP contribution in [0, 0.1) is 12.8 Å². The highest BCUT2D eigenvalue weighted by atomic mass is 32.2. The van der Waals surface area contributed by atoms with Gasteiger partial charge in [0, 0.05) is 0 Å². The molecule has 20 heavy (non-hydrogen) atoms. The van der Waals surface area contributed by atoms with Crippen molar-refractivity contribution in [2.45, 2.75) is 45.3 Å². The van der Waals surface area contributed by atoms with Gasteiger partial charge in [-0.25, -0.2) is 0 Å². The molecule has 1 fully saturated rings. The number of hydrogen-bond acceptors (Lipinski definition) is 4. The van der Waals surface area contributed by atoms with Crippen LogP contribution in [-0.4, -0.2) is 27.1 Å². The molecular weight excluding hydrogens is 272 g/mol. The summed E-state index contributed by atoms with van der Waals surface area (Å²) in [4.78, 5) is 4.28. The number of aromatic nitrogens is 1. The molecule has 0 unspecified atom stereocenters. The number of nitrogens with zero attached hydrogens (tertiary/aromatic N) is 2. The average Bonchev–Trinajstić information content (AvgIpc) is 3.17. The lowest BCUT2D eigenvalue weighted by Crippen LogP contribution is -2.25. The van der Waals surface area contributed by atoms with Crippen LogP contribution >= 0.6 is 0 Å². The molecule has 0 saturated heterocycles. The van der Waals surface area contributed by atoms with Gasteiger partial charge in [0.1, 0.15) is 28.1 Å². The number of aryl methyl sites for hydroxylation is 1. The fourth-order valence-corrected chi connectivity index (χ4v) is 2.06. The third kappa shape index (κ3) is 4.49. The van der Waals surface area contributed by atoms with Gasteiger partial charge in [0.05, 0.1) is 18.5 Å². The molecule has 4 nitrogen and oxygen atoms in total. The van der Waals surface area contributed by atoms with E-state index in [1.54, 1.807) is 12.4 Å². The normalized spacial score (nSPS) is 17.4. The topological polar surface area (TPSA) is 57.5 Å². The molecule has 110 valence electrons. The third-order valence-electron chi connectivity index (χ3n) is 3.06. The quantitative estimate of drug-likeness (QED) is 0.619. The Morgan fingerprint density at radius 3 is 2.75 bits per heavy atom. The molecule has 0 N–H and O–H groups in total. The molecule has 0 radical (unpaired) electrons. The summed E-state index contributed by atoms with van der Waals surface area (Å²) in [6.45, 7) is 8.46. The Kier molecular flexibility index (Phi) is 4.70. The maximum absolute atomic E-state index is 11.8. The van der Waals surface area contributed by atoms with Gasteiger partial charge in [0.15, 0.2) is 0 Å². The van der Waals surface area contributed by atoms with Crippen molar-refractivity contribution in [1.29, 1.82) is 0 Å². The van der Waals surface area contributed by atoms with E-state index in [-0.39, 0.29) is 4.75 Å². The molecule has 1 atom stereocenters. The number of hydrogen-bond donors (Lipinski definition) is 0. The Bertz CT molecular complexity index is 493. The predicted octanol–water partition coefficient (Wildman–Crippen LogP) is 3.06. The van der Waals surface area contributed by atoms with E-state index < -0.39 is 11.4 Å². The van der Waals surface area contributed by atoms with E-state index in [4.69, 9.17) is 4.74 Å². The van der Waals surface area contributed by atoms with Crippen LogP contribution in [0.15, 0.2) is 16.7 Å². The van der Waals surface area contributed by atoms with Crippen LogP contribution in [0.3, 0.4) is 0 Å². The molecule has 1 aromatic rings. The Morgan fingerprint density at radius 1 is 1.50 bits per heavy atom. The maximum Gasteiger partial charge on any atom is 0.144 e. The zero-order valence-corrected chi connectivity index (χ0v) is 13.4. The van der Waals surface area contributed by atoms with Gasteiger partial charge in [0.2, 0.25) is 0 Å².